The van der Waals surface area contributed by atoms with Crippen LogP contribution in [-0.4, -0.2) is 18.9 Å². The summed E-state index contributed by atoms with van der Waals surface area (Å²) in [5, 5.41) is 5.09. The largest absolute Gasteiger partial charge is 0.451 e. The minimum Gasteiger partial charge on any atom is -0.451 e. The molecule has 0 aliphatic carbocycles. The Hall–Kier alpha value is -3.55. The third-order valence-corrected chi connectivity index (χ3v) is 3.94. The third kappa shape index (κ3) is 4.22. The second-order valence-corrected chi connectivity index (χ2v) is 5.85. The van der Waals surface area contributed by atoms with E-state index in [4.69, 9.17) is 4.42 Å². The van der Waals surface area contributed by atoms with Crippen molar-refractivity contribution in [3.8, 4) is 11.3 Å². The lowest BCUT2D eigenvalue weighted by Gasteiger charge is -2.07. The van der Waals surface area contributed by atoms with Gasteiger partial charge in [-0.1, -0.05) is 12.1 Å². The van der Waals surface area contributed by atoms with Gasteiger partial charge in [0.05, 0.1) is 5.56 Å². The molecule has 2 aromatic carbocycles. The molecule has 5 nitrogen and oxygen atoms in total. The lowest BCUT2D eigenvalue weighted by atomic mass is 10.1. The van der Waals surface area contributed by atoms with E-state index >= 15 is 0 Å². The third-order valence-electron chi connectivity index (χ3n) is 3.94. The molecular formula is C20H15F3N2O3. The summed E-state index contributed by atoms with van der Waals surface area (Å²) in [7, 11) is 1.51. The van der Waals surface area contributed by atoms with Gasteiger partial charge < -0.3 is 15.1 Å². The Bertz CT molecular complexity index is 1010. The summed E-state index contributed by atoms with van der Waals surface area (Å²) in [5.74, 6) is -0.727. The number of carbonyl (C=O) groups is 2. The average Bonchev–Trinajstić information content (AvgIpc) is 3.18. The number of amides is 2. The molecule has 0 unspecified atom stereocenters. The number of hydrogen-bond donors (Lipinski definition) is 2. The molecule has 2 N–H and O–H groups in total. The molecule has 0 spiro atoms. The summed E-state index contributed by atoms with van der Waals surface area (Å²) >= 11 is 0. The van der Waals surface area contributed by atoms with Gasteiger partial charge in [-0.3, -0.25) is 9.59 Å². The van der Waals surface area contributed by atoms with Gasteiger partial charge in [0.15, 0.2) is 5.76 Å². The fourth-order valence-electron chi connectivity index (χ4n) is 2.51. The molecule has 0 saturated carbocycles. The maximum Gasteiger partial charge on any atom is 0.416 e. The highest BCUT2D eigenvalue weighted by molar-refractivity contribution is 6.03. The number of benzene rings is 2. The first-order chi connectivity index (χ1) is 13.3. The molecule has 28 heavy (non-hydrogen) atoms. The van der Waals surface area contributed by atoms with Gasteiger partial charge in [0, 0.05) is 23.9 Å². The van der Waals surface area contributed by atoms with E-state index < -0.39 is 17.6 Å². The second kappa shape index (κ2) is 7.59. The molecule has 3 rings (SSSR count). The lowest BCUT2D eigenvalue weighted by molar-refractivity contribution is -0.137. The minimum absolute atomic E-state index is 0.0530. The number of hydrogen-bond acceptors (Lipinski definition) is 3. The van der Waals surface area contributed by atoms with Gasteiger partial charge in [0.2, 0.25) is 0 Å². The van der Waals surface area contributed by atoms with E-state index in [9.17, 15) is 22.8 Å². The molecule has 0 fully saturated rings. The van der Waals surface area contributed by atoms with Crippen LogP contribution in [-0.2, 0) is 6.18 Å². The molecule has 0 aliphatic rings. The predicted octanol–water partition coefficient (Wildman–Crippen LogP) is 4.58. The molecule has 144 valence electrons. The van der Waals surface area contributed by atoms with E-state index in [-0.39, 0.29) is 23.0 Å². The number of furan rings is 1. The van der Waals surface area contributed by atoms with Crippen molar-refractivity contribution in [1.29, 1.82) is 0 Å². The van der Waals surface area contributed by atoms with E-state index in [1.54, 1.807) is 24.3 Å². The van der Waals surface area contributed by atoms with Crippen LogP contribution < -0.4 is 10.6 Å². The maximum atomic E-state index is 12.8. The monoisotopic (exact) mass is 388 g/mol. The second-order valence-electron chi connectivity index (χ2n) is 5.85. The number of anilines is 1. The SMILES string of the molecule is CNC(=O)c1ccc(NC(=O)c2ccc(-c3cccc(C(F)(F)F)c3)o2)cc1. The lowest BCUT2D eigenvalue weighted by Crippen LogP contribution is -2.17. The van der Waals surface area contributed by atoms with Crippen LogP contribution in [0.15, 0.2) is 65.1 Å². The molecule has 2 amide bonds. The zero-order valence-electron chi connectivity index (χ0n) is 14.6. The molecule has 0 atom stereocenters. The fraction of sp³-hybridized carbons (Fsp3) is 0.100. The van der Waals surface area contributed by atoms with Crippen LogP contribution in [0.25, 0.3) is 11.3 Å². The maximum absolute atomic E-state index is 12.8. The van der Waals surface area contributed by atoms with Gasteiger partial charge in [0.25, 0.3) is 11.8 Å². The quantitative estimate of drug-likeness (QED) is 0.687. The van der Waals surface area contributed by atoms with E-state index in [0.717, 1.165) is 12.1 Å². The Morgan fingerprint density at radius 2 is 1.64 bits per heavy atom. The van der Waals surface area contributed by atoms with E-state index in [0.29, 0.717) is 11.3 Å². The topological polar surface area (TPSA) is 71.3 Å². The Kier molecular flexibility index (Phi) is 5.21. The van der Waals surface area contributed by atoms with Crippen LogP contribution in [0.3, 0.4) is 0 Å². The summed E-state index contributed by atoms with van der Waals surface area (Å²) in [6.45, 7) is 0. The molecule has 8 heteroatoms. The molecule has 0 aliphatic heterocycles. The highest BCUT2D eigenvalue weighted by Crippen LogP contribution is 2.32. The number of alkyl halides is 3. The first-order valence-corrected chi connectivity index (χ1v) is 8.19. The van der Waals surface area contributed by atoms with Gasteiger partial charge in [-0.15, -0.1) is 0 Å². The summed E-state index contributed by atoms with van der Waals surface area (Å²) in [5.41, 5.74) is 0.285. The van der Waals surface area contributed by atoms with Crippen molar-refractivity contribution in [3.63, 3.8) is 0 Å². The number of carbonyl (C=O) groups excluding carboxylic acids is 2. The normalized spacial score (nSPS) is 11.1. The van der Waals surface area contributed by atoms with Crippen LogP contribution in [0, 0.1) is 0 Å². The molecule has 0 radical (unpaired) electrons. The van der Waals surface area contributed by atoms with Crippen molar-refractivity contribution >= 4 is 17.5 Å². The molecule has 1 heterocycles. The summed E-state index contributed by atoms with van der Waals surface area (Å²) < 4.78 is 43.9. The molecular weight excluding hydrogens is 373 g/mol. The summed E-state index contributed by atoms with van der Waals surface area (Å²) in [6, 6.07) is 13.7. The van der Waals surface area contributed by atoms with Crippen molar-refractivity contribution in [1.82, 2.24) is 5.32 Å². The van der Waals surface area contributed by atoms with E-state index in [1.165, 1.54) is 31.3 Å². The first-order valence-electron chi connectivity index (χ1n) is 8.19. The van der Waals surface area contributed by atoms with Crippen LogP contribution in [0.1, 0.15) is 26.5 Å². The van der Waals surface area contributed by atoms with Crippen molar-refractivity contribution in [2.75, 3.05) is 12.4 Å². The summed E-state index contributed by atoms with van der Waals surface area (Å²) in [4.78, 5) is 23.8. The standard InChI is InChI=1S/C20H15F3N2O3/c1-24-18(26)12-5-7-15(8-6-12)25-19(27)17-10-9-16(28-17)13-3-2-4-14(11-13)20(21,22)23/h2-11H,1H3,(H,24,26)(H,25,27). The number of nitrogens with one attached hydrogen (secondary N) is 2. The Balaban J connectivity index is 1.75. The summed E-state index contributed by atoms with van der Waals surface area (Å²) in [6.07, 6.45) is -4.47. The average molecular weight is 388 g/mol. The van der Waals surface area contributed by atoms with Gasteiger partial charge in [-0.2, -0.15) is 13.2 Å². The zero-order valence-corrected chi connectivity index (χ0v) is 14.6. The van der Waals surface area contributed by atoms with Crippen molar-refractivity contribution in [2.45, 2.75) is 6.18 Å². The smallest absolute Gasteiger partial charge is 0.416 e. The Labute approximate surface area is 158 Å². The van der Waals surface area contributed by atoms with Crippen molar-refractivity contribution in [3.05, 3.63) is 77.6 Å². The van der Waals surface area contributed by atoms with Crippen LogP contribution >= 0.6 is 0 Å². The highest BCUT2D eigenvalue weighted by Gasteiger charge is 2.30. The molecule has 3 aromatic rings. The Morgan fingerprint density at radius 1 is 0.929 bits per heavy atom. The van der Waals surface area contributed by atoms with Crippen molar-refractivity contribution in [2.24, 2.45) is 0 Å². The number of halogens is 3. The van der Waals surface area contributed by atoms with Gasteiger partial charge in [-0.25, -0.2) is 0 Å². The van der Waals surface area contributed by atoms with E-state index in [1.807, 2.05) is 0 Å². The molecule has 1 aromatic heterocycles. The van der Waals surface area contributed by atoms with E-state index in [2.05, 4.69) is 10.6 Å². The minimum atomic E-state index is -4.47. The van der Waals surface area contributed by atoms with Crippen LogP contribution in [0.2, 0.25) is 0 Å². The fourth-order valence-corrected chi connectivity index (χ4v) is 2.51. The van der Waals surface area contributed by atoms with Gasteiger partial charge >= 0.3 is 6.18 Å². The zero-order chi connectivity index (χ0) is 20.3. The predicted molar refractivity (Wildman–Crippen MR) is 96.9 cm³/mol. The Morgan fingerprint density at radius 3 is 2.29 bits per heavy atom. The number of rotatable bonds is 4. The van der Waals surface area contributed by atoms with Gasteiger partial charge in [0.1, 0.15) is 5.76 Å². The van der Waals surface area contributed by atoms with Gasteiger partial charge in [-0.05, 0) is 48.5 Å². The van der Waals surface area contributed by atoms with Crippen molar-refractivity contribution < 1.29 is 27.2 Å². The van der Waals surface area contributed by atoms with Crippen LogP contribution in [0.5, 0.6) is 0 Å². The molecule has 0 bridgehead atoms. The molecule has 0 saturated heterocycles. The highest BCUT2D eigenvalue weighted by atomic mass is 19.4. The van der Waals surface area contributed by atoms with Crippen LogP contribution in [0.4, 0.5) is 18.9 Å². The first kappa shape index (κ1) is 19.2.